The first-order valence-electron chi connectivity index (χ1n) is 9.46. The van der Waals surface area contributed by atoms with Crippen LogP contribution in [0.5, 0.6) is 0 Å². The molecule has 0 aliphatic heterocycles. The smallest absolute Gasteiger partial charge is 0.306 e. The van der Waals surface area contributed by atoms with E-state index >= 15 is 0 Å². The van der Waals surface area contributed by atoms with Crippen molar-refractivity contribution in [2.75, 3.05) is 0 Å². The van der Waals surface area contributed by atoms with Gasteiger partial charge in [-0.2, -0.15) is 0 Å². The molecule has 0 atom stereocenters. The highest BCUT2D eigenvalue weighted by atomic mass is 16.5. The first kappa shape index (κ1) is 19.8. The predicted octanol–water partition coefficient (Wildman–Crippen LogP) is 3.98. The van der Waals surface area contributed by atoms with Gasteiger partial charge in [0.1, 0.15) is 12.3 Å². The van der Waals surface area contributed by atoms with E-state index in [0.29, 0.717) is 24.2 Å². The quantitative estimate of drug-likeness (QED) is 0.630. The normalized spacial score (nSPS) is 11.6. The Labute approximate surface area is 165 Å². The summed E-state index contributed by atoms with van der Waals surface area (Å²) in [6.45, 7) is 8.44. The molecule has 0 bridgehead atoms. The van der Waals surface area contributed by atoms with Crippen molar-refractivity contribution in [1.29, 1.82) is 0 Å². The fourth-order valence-electron chi connectivity index (χ4n) is 2.98. The highest BCUT2D eigenvalue weighted by Gasteiger charge is 2.13. The van der Waals surface area contributed by atoms with Crippen molar-refractivity contribution in [1.82, 2.24) is 9.38 Å². The molecule has 0 radical (unpaired) electrons. The lowest BCUT2D eigenvalue weighted by Gasteiger charge is -2.19. The number of carbonyl (C=O) groups excluding carboxylic acids is 1. The molecule has 0 unspecified atom stereocenters. The summed E-state index contributed by atoms with van der Waals surface area (Å²) in [6, 6.07) is 13.4. The van der Waals surface area contributed by atoms with Crippen molar-refractivity contribution in [2.24, 2.45) is 0 Å². The second-order valence-electron chi connectivity index (χ2n) is 8.13. The monoisotopic (exact) mass is 378 g/mol. The van der Waals surface area contributed by atoms with E-state index in [1.54, 1.807) is 12.3 Å². The highest BCUT2D eigenvalue weighted by Crippen LogP contribution is 2.22. The number of rotatable bonds is 5. The summed E-state index contributed by atoms with van der Waals surface area (Å²) in [4.78, 5) is 28.6. The zero-order valence-corrected chi connectivity index (χ0v) is 16.9. The molecule has 0 spiro atoms. The van der Waals surface area contributed by atoms with Gasteiger partial charge >= 0.3 is 5.97 Å². The summed E-state index contributed by atoms with van der Waals surface area (Å²) in [5.74, 6) is -0.300. The zero-order valence-electron chi connectivity index (χ0n) is 16.9. The minimum absolute atomic E-state index is 0.00140. The average molecular weight is 378 g/mol. The topological polar surface area (TPSA) is 60.7 Å². The molecule has 0 amide bonds. The van der Waals surface area contributed by atoms with Gasteiger partial charge in [0, 0.05) is 18.7 Å². The molecule has 146 valence electrons. The van der Waals surface area contributed by atoms with Crippen LogP contribution in [0.4, 0.5) is 0 Å². The minimum Gasteiger partial charge on any atom is -0.459 e. The molecule has 28 heavy (non-hydrogen) atoms. The number of pyridine rings is 1. The molecule has 2 heterocycles. The molecule has 2 aromatic heterocycles. The van der Waals surface area contributed by atoms with Gasteiger partial charge < -0.3 is 4.74 Å². The SMILES string of the molecule is Cc1ccc2nc(COC(=O)CCc3ccc(C(C)(C)C)cc3)cc(=O)n2c1. The van der Waals surface area contributed by atoms with Crippen molar-refractivity contribution < 1.29 is 9.53 Å². The molecule has 5 nitrogen and oxygen atoms in total. The molecule has 0 saturated heterocycles. The summed E-state index contributed by atoms with van der Waals surface area (Å²) in [7, 11) is 0. The molecule has 0 aliphatic rings. The summed E-state index contributed by atoms with van der Waals surface area (Å²) in [6.07, 6.45) is 2.66. The Bertz CT molecular complexity index is 1040. The van der Waals surface area contributed by atoms with Crippen LogP contribution < -0.4 is 5.56 Å². The van der Waals surface area contributed by atoms with Gasteiger partial charge in [-0.05, 0) is 41.5 Å². The standard InChI is InChI=1S/C23H26N2O3/c1-16-5-11-20-24-19(13-21(26)25(20)14-16)15-28-22(27)12-8-17-6-9-18(10-7-17)23(2,3)4/h5-7,9-11,13-14H,8,12,15H2,1-4H3. The Balaban J connectivity index is 1.56. The Kier molecular flexibility index (Phi) is 5.63. The van der Waals surface area contributed by atoms with Crippen LogP contribution in [0.3, 0.4) is 0 Å². The summed E-state index contributed by atoms with van der Waals surface area (Å²) in [5, 5.41) is 0. The van der Waals surface area contributed by atoms with Crippen LogP contribution >= 0.6 is 0 Å². The Morgan fingerprint density at radius 1 is 1.11 bits per heavy atom. The number of aromatic nitrogens is 2. The Morgan fingerprint density at radius 3 is 2.50 bits per heavy atom. The zero-order chi connectivity index (χ0) is 20.3. The Morgan fingerprint density at radius 2 is 1.82 bits per heavy atom. The van der Waals surface area contributed by atoms with Gasteiger partial charge in [-0.1, -0.05) is 51.1 Å². The van der Waals surface area contributed by atoms with Crippen molar-refractivity contribution in [3.05, 3.63) is 81.4 Å². The van der Waals surface area contributed by atoms with Gasteiger partial charge in [0.15, 0.2) is 0 Å². The number of hydrogen-bond donors (Lipinski definition) is 0. The third kappa shape index (κ3) is 4.85. The lowest BCUT2D eigenvalue weighted by Crippen LogP contribution is -2.17. The number of fused-ring (bicyclic) bond motifs is 1. The Hall–Kier alpha value is -2.95. The fourth-order valence-corrected chi connectivity index (χ4v) is 2.98. The number of ether oxygens (including phenoxy) is 1. The summed E-state index contributed by atoms with van der Waals surface area (Å²) >= 11 is 0. The molecule has 5 heteroatoms. The number of carbonyl (C=O) groups is 1. The second-order valence-corrected chi connectivity index (χ2v) is 8.13. The van der Waals surface area contributed by atoms with Crippen molar-refractivity contribution in [3.8, 4) is 0 Å². The van der Waals surface area contributed by atoms with Crippen LogP contribution in [0.2, 0.25) is 0 Å². The van der Waals surface area contributed by atoms with Gasteiger partial charge in [0.25, 0.3) is 5.56 Å². The van der Waals surface area contributed by atoms with Crippen molar-refractivity contribution >= 4 is 11.6 Å². The van der Waals surface area contributed by atoms with E-state index in [0.717, 1.165) is 11.1 Å². The summed E-state index contributed by atoms with van der Waals surface area (Å²) in [5.41, 5.74) is 4.27. The van der Waals surface area contributed by atoms with E-state index in [-0.39, 0.29) is 23.6 Å². The van der Waals surface area contributed by atoms with E-state index < -0.39 is 0 Å². The van der Waals surface area contributed by atoms with Gasteiger partial charge in [0.05, 0.1) is 5.69 Å². The van der Waals surface area contributed by atoms with Gasteiger partial charge in [-0.3, -0.25) is 14.0 Å². The number of benzene rings is 1. The van der Waals surface area contributed by atoms with E-state index in [9.17, 15) is 9.59 Å². The lowest BCUT2D eigenvalue weighted by molar-refractivity contribution is -0.145. The molecule has 3 aromatic rings. The molecular formula is C23H26N2O3. The fraction of sp³-hybridized carbons (Fsp3) is 0.348. The van der Waals surface area contributed by atoms with Gasteiger partial charge in [-0.15, -0.1) is 0 Å². The van der Waals surface area contributed by atoms with Crippen LogP contribution in [0.25, 0.3) is 5.65 Å². The van der Waals surface area contributed by atoms with Crippen LogP contribution in [0.15, 0.2) is 53.5 Å². The maximum atomic E-state index is 12.2. The summed E-state index contributed by atoms with van der Waals surface area (Å²) < 4.78 is 6.79. The third-order valence-corrected chi connectivity index (χ3v) is 4.68. The van der Waals surface area contributed by atoms with Crippen molar-refractivity contribution in [2.45, 2.75) is 52.6 Å². The molecule has 0 aliphatic carbocycles. The average Bonchev–Trinajstić information content (AvgIpc) is 2.65. The van der Waals surface area contributed by atoms with Crippen LogP contribution in [-0.4, -0.2) is 15.4 Å². The van der Waals surface area contributed by atoms with Crippen LogP contribution in [0.1, 0.15) is 49.6 Å². The molecule has 0 fully saturated rings. The van der Waals surface area contributed by atoms with E-state index in [2.05, 4.69) is 50.0 Å². The maximum Gasteiger partial charge on any atom is 0.306 e. The number of nitrogens with zero attached hydrogens (tertiary/aromatic N) is 2. The minimum atomic E-state index is -0.300. The molecule has 3 rings (SSSR count). The van der Waals surface area contributed by atoms with E-state index in [4.69, 9.17) is 4.74 Å². The number of aryl methyl sites for hydroxylation is 2. The third-order valence-electron chi connectivity index (χ3n) is 4.68. The largest absolute Gasteiger partial charge is 0.459 e. The molecule has 0 saturated carbocycles. The predicted molar refractivity (Wildman–Crippen MR) is 109 cm³/mol. The number of hydrogen-bond acceptors (Lipinski definition) is 4. The van der Waals surface area contributed by atoms with Gasteiger partial charge in [0.2, 0.25) is 0 Å². The highest BCUT2D eigenvalue weighted by molar-refractivity contribution is 5.69. The number of esters is 1. The lowest BCUT2D eigenvalue weighted by atomic mass is 9.86. The maximum absolute atomic E-state index is 12.2. The van der Waals surface area contributed by atoms with Crippen LogP contribution in [0, 0.1) is 6.92 Å². The van der Waals surface area contributed by atoms with Crippen molar-refractivity contribution in [3.63, 3.8) is 0 Å². The first-order chi connectivity index (χ1) is 13.2. The molecular weight excluding hydrogens is 352 g/mol. The molecule has 1 aromatic carbocycles. The van der Waals surface area contributed by atoms with Gasteiger partial charge in [-0.25, -0.2) is 4.98 Å². The van der Waals surface area contributed by atoms with E-state index in [1.807, 2.05) is 13.0 Å². The second kappa shape index (κ2) is 7.97. The first-order valence-corrected chi connectivity index (χ1v) is 9.46. The molecule has 0 N–H and O–H groups in total. The van der Waals surface area contributed by atoms with Crippen LogP contribution in [-0.2, 0) is 28.0 Å². The van der Waals surface area contributed by atoms with E-state index in [1.165, 1.54) is 16.0 Å².